The molecule has 34 atom stereocenters. The van der Waals surface area contributed by atoms with E-state index in [0.717, 1.165) is 0 Å². The van der Waals surface area contributed by atoms with E-state index in [2.05, 4.69) is 0 Å². The Labute approximate surface area is 439 Å². The number of hydrogen-bond donors (Lipinski definition) is 23. The first-order valence-corrected chi connectivity index (χ1v) is 24.6. The van der Waals surface area contributed by atoms with Crippen LogP contribution >= 0.6 is 0 Å². The van der Waals surface area contributed by atoms with E-state index in [9.17, 15) is 117 Å². The molecule has 7 aliphatic rings. The molecule has 7 saturated heterocycles. The summed E-state index contributed by atoms with van der Waals surface area (Å²) in [5, 5.41) is 242. The molecule has 0 radical (unpaired) electrons. The summed E-state index contributed by atoms with van der Waals surface area (Å²) in [6, 6.07) is 0. The van der Waals surface area contributed by atoms with Gasteiger partial charge in [0.15, 0.2) is 37.7 Å². The maximum absolute atomic E-state index is 11.3. The van der Waals surface area contributed by atoms with Gasteiger partial charge < -0.3 is 179 Å². The summed E-state index contributed by atoms with van der Waals surface area (Å²) in [4.78, 5) is 0. The van der Waals surface area contributed by atoms with Gasteiger partial charge in [-0.2, -0.15) is 0 Å². The molecule has 0 aromatic rings. The minimum absolute atomic E-state index is 0.730. The van der Waals surface area contributed by atoms with Crippen LogP contribution in [0.3, 0.4) is 0 Å². The number of rotatable bonds is 20. The van der Waals surface area contributed by atoms with E-state index in [-0.39, 0.29) is 0 Å². The van der Waals surface area contributed by atoms with Gasteiger partial charge in [-0.1, -0.05) is 0 Å². The fourth-order valence-electron chi connectivity index (χ4n) is 9.65. The second kappa shape index (κ2) is 27.1. The highest BCUT2D eigenvalue weighted by atomic mass is 16.8. The van der Waals surface area contributed by atoms with Crippen molar-refractivity contribution in [2.75, 3.05) is 52.9 Å². The summed E-state index contributed by atoms with van der Waals surface area (Å²) in [5.74, 6) is -2.79. The molecule has 0 aromatic heterocycles. The normalized spacial score (nSPS) is 53.3. The molecule has 7 rings (SSSR count). The van der Waals surface area contributed by atoms with E-state index < -0.39 is 261 Å². The molecular weight excluding hydrogens is 1080 g/mol. The fourth-order valence-corrected chi connectivity index (χ4v) is 9.65. The van der Waals surface area contributed by atoms with Gasteiger partial charge in [0.2, 0.25) is 5.79 Å². The molecule has 23 N–H and O–H groups in total. The minimum atomic E-state index is -2.79. The molecule has 7 aliphatic heterocycles. The van der Waals surface area contributed by atoms with Gasteiger partial charge in [0.1, 0.15) is 171 Å². The van der Waals surface area contributed by atoms with Crippen LogP contribution < -0.4 is 0 Å². The highest BCUT2D eigenvalue weighted by Gasteiger charge is 2.62. The standard InChI is InChI=1S/C42H72O36/c43-1-9-16(47)23(54)29(60)36(70-9)66-4-12-18(49)25(56)31(62)38(72-12)68-5-13-19(50)26(57)32(63)39(73-13)69-6-14-20(51)27(58)33(64)40(74-14)76-35-22(53)11(3-45)77-42(35,8-46)78-41-34(65)28(59)21(52)15(75-41)7-67-37-30(61)24(55)17(48)10(2-44)71-37/h9-41,43-65H,1-8H2/t9-,10-,11-,12-,13-,14-,15-,16+,17+,18+,19+,20+,21-,22-,23+,24+,25+,26+,27+,28+,29-,30-,31-,32-,33-,34-,35+,36+,37+,38+,39+,40-,41-,42+/m1/s1. The number of ether oxygens (including phenoxy) is 13. The van der Waals surface area contributed by atoms with E-state index in [0.29, 0.717) is 0 Å². The Hall–Kier alpha value is -1.44. The number of hydrogen-bond acceptors (Lipinski definition) is 36. The number of aliphatic hydroxyl groups excluding tert-OH is 23. The molecule has 36 nitrogen and oxygen atoms in total. The SMILES string of the molecule is OC[C@H]1O[C@H](OC[C@H]2O[C@H](OC[C@H]3O[C@H](OC[C@H]4O[C@H](O[C@H]5[C@H](O)[C@@H](CO)O[C@@]5(CO)O[C@H]5O[C@H](CO[C@H]6O[C@H](CO)[C@H](O)[C@H](O)[C@H]6O)[C@@H](O)[C@H](O)[C@H]5O)[C@H](O)[C@@H](O)[C@H]4O)[C@H](O)[C@@H](O)[C@H]3O)[C@H](O)[C@@H](O)[C@H]2O)[C@H](O)[C@@H](O)[C@H]1O. The third-order valence-corrected chi connectivity index (χ3v) is 14.5. The average molecular weight is 1150 g/mol. The van der Waals surface area contributed by atoms with Crippen LogP contribution in [0, 0.1) is 0 Å². The summed E-state index contributed by atoms with van der Waals surface area (Å²) < 4.78 is 72.1. The molecule has 7 heterocycles. The smallest absolute Gasteiger partial charge is 0.224 e. The molecule has 0 spiro atoms. The van der Waals surface area contributed by atoms with Crippen LogP contribution in [-0.2, 0) is 61.6 Å². The summed E-state index contributed by atoms with van der Waals surface area (Å²) in [6.45, 7) is -7.36. The van der Waals surface area contributed by atoms with E-state index in [1.165, 1.54) is 0 Å². The Balaban J connectivity index is 0.978. The molecule has 0 unspecified atom stereocenters. The molecule has 0 aromatic carbocycles. The molecule has 78 heavy (non-hydrogen) atoms. The van der Waals surface area contributed by atoms with Crippen LogP contribution in [0.5, 0.6) is 0 Å². The van der Waals surface area contributed by atoms with Gasteiger partial charge in [0, 0.05) is 0 Å². The van der Waals surface area contributed by atoms with Crippen molar-refractivity contribution >= 4 is 0 Å². The third-order valence-electron chi connectivity index (χ3n) is 14.5. The quantitative estimate of drug-likeness (QED) is 0.0538. The fraction of sp³-hybridized carbons (Fsp3) is 1.00. The summed E-state index contributed by atoms with van der Waals surface area (Å²) >= 11 is 0. The monoisotopic (exact) mass is 1150 g/mol. The Morgan fingerprint density at radius 1 is 0.269 bits per heavy atom. The van der Waals surface area contributed by atoms with Gasteiger partial charge in [-0.3, -0.25) is 0 Å². The van der Waals surface area contributed by atoms with Crippen LogP contribution in [0.4, 0.5) is 0 Å². The van der Waals surface area contributed by atoms with Gasteiger partial charge in [-0.15, -0.1) is 0 Å². The lowest BCUT2D eigenvalue weighted by Gasteiger charge is -2.46. The van der Waals surface area contributed by atoms with Crippen molar-refractivity contribution < 1.29 is 179 Å². The lowest BCUT2D eigenvalue weighted by molar-refractivity contribution is -0.403. The predicted octanol–water partition coefficient (Wildman–Crippen LogP) is -16.3. The van der Waals surface area contributed by atoms with Crippen LogP contribution in [0.15, 0.2) is 0 Å². The summed E-state index contributed by atoms with van der Waals surface area (Å²) in [6.07, 6.45) is -63.1. The lowest BCUT2D eigenvalue weighted by Crippen LogP contribution is -2.65. The van der Waals surface area contributed by atoms with Gasteiger partial charge in [0.05, 0.1) is 46.2 Å². The molecule has 0 aliphatic carbocycles. The minimum Gasteiger partial charge on any atom is -0.394 e. The number of aliphatic hydroxyl groups is 23. The maximum atomic E-state index is 11.3. The Kier molecular flexibility index (Phi) is 22.3. The Morgan fingerprint density at radius 2 is 0.526 bits per heavy atom. The molecule has 36 heteroatoms. The Morgan fingerprint density at radius 3 is 0.833 bits per heavy atom. The summed E-state index contributed by atoms with van der Waals surface area (Å²) in [7, 11) is 0. The predicted molar refractivity (Wildman–Crippen MR) is 232 cm³/mol. The van der Waals surface area contributed by atoms with E-state index >= 15 is 0 Å². The third kappa shape index (κ3) is 13.1. The zero-order valence-electron chi connectivity index (χ0n) is 40.8. The van der Waals surface area contributed by atoms with Crippen molar-refractivity contribution in [2.24, 2.45) is 0 Å². The van der Waals surface area contributed by atoms with E-state index in [4.69, 9.17) is 61.6 Å². The van der Waals surface area contributed by atoms with E-state index in [1.54, 1.807) is 0 Å². The van der Waals surface area contributed by atoms with Crippen molar-refractivity contribution in [1.29, 1.82) is 0 Å². The van der Waals surface area contributed by atoms with Crippen molar-refractivity contribution in [2.45, 2.75) is 208 Å². The highest BCUT2D eigenvalue weighted by Crippen LogP contribution is 2.40. The van der Waals surface area contributed by atoms with Crippen molar-refractivity contribution in [1.82, 2.24) is 0 Å². The largest absolute Gasteiger partial charge is 0.394 e. The van der Waals surface area contributed by atoms with Gasteiger partial charge in [-0.05, 0) is 0 Å². The van der Waals surface area contributed by atoms with Crippen molar-refractivity contribution in [3.05, 3.63) is 0 Å². The lowest BCUT2D eigenvalue weighted by atomic mass is 9.97. The molecule has 7 fully saturated rings. The first-order chi connectivity index (χ1) is 36.8. The summed E-state index contributed by atoms with van der Waals surface area (Å²) in [5.41, 5.74) is 0. The average Bonchev–Trinajstić information content (AvgIpc) is 3.83. The van der Waals surface area contributed by atoms with Crippen molar-refractivity contribution in [3.8, 4) is 0 Å². The first kappa shape index (κ1) is 64.1. The van der Waals surface area contributed by atoms with Crippen LogP contribution in [0.25, 0.3) is 0 Å². The topological polar surface area (TPSA) is 585 Å². The second-order valence-corrected chi connectivity index (χ2v) is 19.8. The molecule has 0 bridgehead atoms. The zero-order chi connectivity index (χ0) is 57.4. The zero-order valence-corrected chi connectivity index (χ0v) is 40.8. The van der Waals surface area contributed by atoms with Gasteiger partial charge in [-0.25, -0.2) is 0 Å². The second-order valence-electron chi connectivity index (χ2n) is 19.8. The molecule has 456 valence electrons. The first-order valence-electron chi connectivity index (χ1n) is 24.6. The maximum Gasteiger partial charge on any atom is 0.224 e. The van der Waals surface area contributed by atoms with Crippen LogP contribution in [0.2, 0.25) is 0 Å². The molecular formula is C42H72O36. The van der Waals surface area contributed by atoms with Crippen LogP contribution in [0.1, 0.15) is 0 Å². The molecule has 0 amide bonds. The van der Waals surface area contributed by atoms with Crippen molar-refractivity contribution in [3.63, 3.8) is 0 Å². The highest BCUT2D eigenvalue weighted by molar-refractivity contribution is 5.02. The molecule has 0 saturated carbocycles. The van der Waals surface area contributed by atoms with Crippen LogP contribution in [-0.4, -0.2) is 379 Å². The van der Waals surface area contributed by atoms with Gasteiger partial charge >= 0.3 is 0 Å². The van der Waals surface area contributed by atoms with E-state index in [1.807, 2.05) is 0 Å². The Bertz CT molecular complexity index is 1830. The van der Waals surface area contributed by atoms with Gasteiger partial charge in [0.25, 0.3) is 0 Å².